The van der Waals surface area contributed by atoms with Gasteiger partial charge in [0.2, 0.25) is 0 Å². The van der Waals surface area contributed by atoms with Crippen LogP contribution >= 0.6 is 0 Å². The molecule has 1 saturated carbocycles. The van der Waals surface area contributed by atoms with E-state index in [0.29, 0.717) is 5.92 Å². The Balaban J connectivity index is 2.24. The van der Waals surface area contributed by atoms with Gasteiger partial charge in [-0.3, -0.25) is 4.79 Å². The molecule has 1 aliphatic carbocycles. The number of nitrogens with two attached hydrogens (primary N) is 1. The third-order valence-electron chi connectivity index (χ3n) is 3.03. The van der Waals surface area contributed by atoms with Crippen LogP contribution < -0.4 is 5.73 Å². The molecule has 0 amide bonds. The van der Waals surface area contributed by atoms with Crippen LogP contribution in [0.1, 0.15) is 30.7 Å². The van der Waals surface area contributed by atoms with Crippen molar-refractivity contribution in [1.29, 1.82) is 0 Å². The Morgan fingerprint density at radius 3 is 2.75 bits per heavy atom. The molecule has 0 radical (unpaired) electrons. The van der Waals surface area contributed by atoms with Crippen molar-refractivity contribution in [2.75, 3.05) is 5.73 Å². The van der Waals surface area contributed by atoms with Crippen molar-refractivity contribution in [2.45, 2.75) is 25.2 Å². The number of carboxylic acid groups (broad SMARTS) is 1. The van der Waals surface area contributed by atoms with Crippen molar-refractivity contribution in [3.8, 4) is 0 Å². The van der Waals surface area contributed by atoms with Crippen LogP contribution in [0.5, 0.6) is 0 Å². The predicted octanol–water partition coefficient (Wildman–Crippen LogP) is 2.38. The summed E-state index contributed by atoms with van der Waals surface area (Å²) in [6.45, 7) is 0. The fraction of sp³-hybridized carbons (Fsp3) is 0.417. The minimum Gasteiger partial charge on any atom is -0.481 e. The number of hydrogen-bond acceptors (Lipinski definition) is 2. The number of aliphatic carboxylic acids is 1. The molecule has 0 aliphatic heterocycles. The summed E-state index contributed by atoms with van der Waals surface area (Å²) >= 11 is 0. The number of halogens is 1. The first kappa shape index (κ1) is 10.9. The molecule has 0 spiro atoms. The zero-order chi connectivity index (χ0) is 11.7. The number of anilines is 1. The molecule has 1 unspecified atom stereocenters. The molecule has 3 N–H and O–H groups in total. The van der Waals surface area contributed by atoms with E-state index in [0.717, 1.165) is 18.4 Å². The number of carbonyl (C=O) groups is 1. The highest BCUT2D eigenvalue weighted by molar-refractivity contribution is 5.68. The Labute approximate surface area is 93.1 Å². The third-order valence-corrected chi connectivity index (χ3v) is 3.03. The maximum atomic E-state index is 13.0. The molecule has 0 bridgehead atoms. The summed E-state index contributed by atoms with van der Waals surface area (Å²) in [6.07, 6.45) is 2.19. The first-order chi connectivity index (χ1) is 7.58. The smallest absolute Gasteiger partial charge is 0.303 e. The van der Waals surface area contributed by atoms with Crippen molar-refractivity contribution < 1.29 is 14.3 Å². The molecule has 4 heteroatoms. The molecular weight excluding hydrogens is 209 g/mol. The normalized spacial score (nSPS) is 17.1. The van der Waals surface area contributed by atoms with Gasteiger partial charge in [-0.1, -0.05) is 6.07 Å². The molecule has 86 valence electrons. The van der Waals surface area contributed by atoms with Gasteiger partial charge in [0.05, 0.1) is 12.1 Å². The first-order valence-corrected chi connectivity index (χ1v) is 5.34. The van der Waals surface area contributed by atoms with Crippen LogP contribution in [-0.4, -0.2) is 11.1 Å². The Bertz CT molecular complexity index is 415. The van der Waals surface area contributed by atoms with Gasteiger partial charge in [-0.25, -0.2) is 4.39 Å². The van der Waals surface area contributed by atoms with Gasteiger partial charge in [0.25, 0.3) is 0 Å². The van der Waals surface area contributed by atoms with Crippen LogP contribution in [0, 0.1) is 11.7 Å². The van der Waals surface area contributed by atoms with Crippen LogP contribution in [-0.2, 0) is 4.79 Å². The van der Waals surface area contributed by atoms with Crippen molar-refractivity contribution >= 4 is 11.7 Å². The quantitative estimate of drug-likeness (QED) is 0.770. The second-order valence-electron chi connectivity index (χ2n) is 4.32. The standard InChI is InChI=1S/C12H14FNO2/c13-10-4-3-8(5-11(10)14)9(6-12(15)16)7-1-2-7/h3-5,7,9H,1-2,6,14H2,(H,15,16). The lowest BCUT2D eigenvalue weighted by Gasteiger charge is -2.15. The fourth-order valence-corrected chi connectivity index (χ4v) is 2.04. The Kier molecular flexibility index (Phi) is 2.81. The highest BCUT2D eigenvalue weighted by Crippen LogP contribution is 2.44. The van der Waals surface area contributed by atoms with Crippen LogP contribution in [0.3, 0.4) is 0 Å². The van der Waals surface area contributed by atoms with Gasteiger partial charge in [0, 0.05) is 0 Å². The molecular formula is C12H14FNO2. The molecule has 0 aromatic heterocycles. The fourth-order valence-electron chi connectivity index (χ4n) is 2.04. The zero-order valence-corrected chi connectivity index (χ0v) is 8.82. The van der Waals surface area contributed by atoms with E-state index in [-0.39, 0.29) is 18.0 Å². The summed E-state index contributed by atoms with van der Waals surface area (Å²) in [5.41, 5.74) is 6.42. The molecule has 1 atom stereocenters. The predicted molar refractivity (Wildman–Crippen MR) is 58.5 cm³/mol. The van der Waals surface area contributed by atoms with Crippen molar-refractivity contribution in [3.05, 3.63) is 29.6 Å². The second-order valence-corrected chi connectivity index (χ2v) is 4.32. The number of hydrogen-bond donors (Lipinski definition) is 2. The zero-order valence-electron chi connectivity index (χ0n) is 8.82. The number of benzene rings is 1. The summed E-state index contributed by atoms with van der Waals surface area (Å²) in [7, 11) is 0. The molecule has 1 aromatic rings. The molecule has 3 nitrogen and oxygen atoms in total. The molecule has 0 heterocycles. The van der Waals surface area contributed by atoms with Gasteiger partial charge < -0.3 is 10.8 Å². The minimum absolute atomic E-state index is 0.0274. The van der Waals surface area contributed by atoms with Gasteiger partial charge in [-0.15, -0.1) is 0 Å². The SMILES string of the molecule is Nc1cc(C(CC(=O)O)C2CC2)ccc1F. The monoisotopic (exact) mass is 223 g/mol. The van der Waals surface area contributed by atoms with Crippen LogP contribution in [0.4, 0.5) is 10.1 Å². The molecule has 1 aliphatic rings. The van der Waals surface area contributed by atoms with Gasteiger partial charge in [-0.05, 0) is 42.4 Å². The lowest BCUT2D eigenvalue weighted by molar-refractivity contribution is -0.137. The van der Waals surface area contributed by atoms with E-state index in [1.807, 2.05) is 0 Å². The number of rotatable bonds is 4. The van der Waals surface area contributed by atoms with E-state index in [4.69, 9.17) is 10.8 Å². The first-order valence-electron chi connectivity index (χ1n) is 5.34. The van der Waals surface area contributed by atoms with Crippen molar-refractivity contribution in [2.24, 2.45) is 5.92 Å². The molecule has 16 heavy (non-hydrogen) atoms. The third kappa shape index (κ3) is 2.32. The summed E-state index contributed by atoms with van der Waals surface area (Å²) < 4.78 is 13.0. The molecule has 1 aromatic carbocycles. The number of carboxylic acids is 1. The summed E-state index contributed by atoms with van der Waals surface area (Å²) in [4.78, 5) is 10.8. The van der Waals surface area contributed by atoms with E-state index in [1.54, 1.807) is 12.1 Å². The van der Waals surface area contributed by atoms with Crippen molar-refractivity contribution in [1.82, 2.24) is 0 Å². The largest absolute Gasteiger partial charge is 0.481 e. The van der Waals surface area contributed by atoms with E-state index >= 15 is 0 Å². The topological polar surface area (TPSA) is 63.3 Å². The molecule has 1 fully saturated rings. The van der Waals surface area contributed by atoms with Gasteiger partial charge >= 0.3 is 5.97 Å². The van der Waals surface area contributed by atoms with Crippen LogP contribution in [0.2, 0.25) is 0 Å². The maximum Gasteiger partial charge on any atom is 0.303 e. The lowest BCUT2D eigenvalue weighted by Crippen LogP contribution is -2.09. The summed E-state index contributed by atoms with van der Waals surface area (Å²) in [6, 6.07) is 4.50. The highest BCUT2D eigenvalue weighted by Gasteiger charge is 2.33. The van der Waals surface area contributed by atoms with E-state index < -0.39 is 11.8 Å². The minimum atomic E-state index is -0.820. The Morgan fingerprint density at radius 1 is 1.56 bits per heavy atom. The van der Waals surface area contributed by atoms with Crippen molar-refractivity contribution in [3.63, 3.8) is 0 Å². The highest BCUT2D eigenvalue weighted by atomic mass is 19.1. The van der Waals surface area contributed by atoms with E-state index in [9.17, 15) is 9.18 Å². The second kappa shape index (κ2) is 4.12. The van der Waals surface area contributed by atoms with Crippen LogP contribution in [0.25, 0.3) is 0 Å². The average molecular weight is 223 g/mol. The van der Waals surface area contributed by atoms with Gasteiger partial charge in [0.15, 0.2) is 0 Å². The van der Waals surface area contributed by atoms with Crippen LogP contribution in [0.15, 0.2) is 18.2 Å². The Hall–Kier alpha value is -1.58. The summed E-state index contributed by atoms with van der Waals surface area (Å²) in [5.74, 6) is -0.880. The van der Waals surface area contributed by atoms with Gasteiger partial charge in [-0.2, -0.15) is 0 Å². The Morgan fingerprint density at radius 2 is 2.25 bits per heavy atom. The number of nitrogen functional groups attached to an aromatic ring is 1. The molecule has 2 rings (SSSR count). The van der Waals surface area contributed by atoms with E-state index in [1.165, 1.54) is 6.07 Å². The maximum absolute atomic E-state index is 13.0. The average Bonchev–Trinajstić information content (AvgIpc) is 3.02. The summed E-state index contributed by atoms with van der Waals surface area (Å²) in [5, 5.41) is 8.84. The lowest BCUT2D eigenvalue weighted by atomic mass is 9.91. The van der Waals surface area contributed by atoms with Gasteiger partial charge in [0.1, 0.15) is 5.82 Å². The molecule has 0 saturated heterocycles. The van der Waals surface area contributed by atoms with E-state index in [2.05, 4.69) is 0 Å².